The van der Waals surface area contributed by atoms with E-state index in [1.54, 1.807) is 19.2 Å². The first kappa shape index (κ1) is 11.7. The van der Waals surface area contributed by atoms with E-state index < -0.39 is 0 Å². The van der Waals surface area contributed by atoms with Crippen LogP contribution in [0.3, 0.4) is 0 Å². The Bertz CT molecular complexity index is 420. The summed E-state index contributed by atoms with van der Waals surface area (Å²) in [5.41, 5.74) is 0.513. The van der Waals surface area contributed by atoms with Crippen molar-refractivity contribution in [1.29, 1.82) is 5.26 Å². The van der Waals surface area contributed by atoms with Gasteiger partial charge in [-0.2, -0.15) is 5.26 Å². The number of rotatable bonds is 3. The molecule has 0 atom stereocenters. The Labute approximate surface area is 101 Å². The number of hydrogen-bond acceptors (Lipinski definition) is 4. The molecular formula is C13H16N2O2. The molecule has 2 rings (SSSR count). The zero-order valence-corrected chi connectivity index (χ0v) is 9.90. The van der Waals surface area contributed by atoms with Crippen LogP contribution in [0.4, 0.5) is 0 Å². The molecule has 0 spiro atoms. The molecule has 17 heavy (non-hydrogen) atoms. The maximum Gasteiger partial charge on any atom is 0.136 e. The lowest BCUT2D eigenvalue weighted by atomic mass is 10.1. The van der Waals surface area contributed by atoms with Crippen molar-refractivity contribution in [2.75, 3.05) is 20.2 Å². The standard InChI is InChI=1S/C13H16N2O2/c1-16-13-3-2-12(8-10(13)9-14)17-11-4-6-15-7-5-11/h2-3,8,11,15H,4-7H2,1H3. The molecule has 1 heterocycles. The van der Waals surface area contributed by atoms with E-state index in [2.05, 4.69) is 11.4 Å². The van der Waals surface area contributed by atoms with Gasteiger partial charge in [0.2, 0.25) is 0 Å². The van der Waals surface area contributed by atoms with Gasteiger partial charge in [-0.1, -0.05) is 0 Å². The molecule has 0 aliphatic carbocycles. The van der Waals surface area contributed by atoms with Crippen molar-refractivity contribution in [3.8, 4) is 17.6 Å². The topological polar surface area (TPSA) is 54.3 Å². The smallest absolute Gasteiger partial charge is 0.136 e. The van der Waals surface area contributed by atoms with Crippen LogP contribution in [0.5, 0.6) is 11.5 Å². The predicted molar refractivity (Wildman–Crippen MR) is 64.2 cm³/mol. The normalized spacial score (nSPS) is 16.2. The van der Waals surface area contributed by atoms with E-state index in [0.29, 0.717) is 11.3 Å². The van der Waals surface area contributed by atoms with E-state index in [9.17, 15) is 0 Å². The molecule has 1 aliphatic heterocycles. The van der Waals surface area contributed by atoms with Crippen LogP contribution in [0.1, 0.15) is 18.4 Å². The summed E-state index contributed by atoms with van der Waals surface area (Å²) in [5, 5.41) is 12.3. The summed E-state index contributed by atoms with van der Waals surface area (Å²) < 4.78 is 10.9. The van der Waals surface area contributed by atoms with Crippen molar-refractivity contribution >= 4 is 0 Å². The van der Waals surface area contributed by atoms with Crippen molar-refractivity contribution in [1.82, 2.24) is 5.32 Å². The maximum atomic E-state index is 8.98. The largest absolute Gasteiger partial charge is 0.495 e. The molecule has 1 saturated heterocycles. The Morgan fingerprint density at radius 2 is 2.12 bits per heavy atom. The van der Waals surface area contributed by atoms with Crippen molar-refractivity contribution in [2.45, 2.75) is 18.9 Å². The van der Waals surface area contributed by atoms with Crippen LogP contribution in [0.2, 0.25) is 0 Å². The molecule has 4 heteroatoms. The minimum Gasteiger partial charge on any atom is -0.495 e. The molecule has 1 aromatic carbocycles. The van der Waals surface area contributed by atoms with Crippen LogP contribution < -0.4 is 14.8 Å². The van der Waals surface area contributed by atoms with Crippen LogP contribution in [-0.4, -0.2) is 26.3 Å². The first-order chi connectivity index (χ1) is 8.33. The molecular weight excluding hydrogens is 216 g/mol. The summed E-state index contributed by atoms with van der Waals surface area (Å²) in [7, 11) is 1.56. The average molecular weight is 232 g/mol. The van der Waals surface area contributed by atoms with Crippen molar-refractivity contribution in [3.63, 3.8) is 0 Å². The number of nitriles is 1. The lowest BCUT2D eigenvalue weighted by Gasteiger charge is -2.24. The summed E-state index contributed by atoms with van der Waals surface area (Å²) in [4.78, 5) is 0. The highest BCUT2D eigenvalue weighted by Gasteiger charge is 2.15. The van der Waals surface area contributed by atoms with Gasteiger partial charge in [0.1, 0.15) is 23.7 Å². The summed E-state index contributed by atoms with van der Waals surface area (Å²) in [6.07, 6.45) is 2.26. The molecule has 1 aromatic rings. The predicted octanol–water partition coefficient (Wildman–Crippen LogP) is 1.70. The Kier molecular flexibility index (Phi) is 3.84. The second kappa shape index (κ2) is 5.55. The van der Waals surface area contributed by atoms with Gasteiger partial charge in [-0.15, -0.1) is 0 Å². The molecule has 90 valence electrons. The highest BCUT2D eigenvalue weighted by atomic mass is 16.5. The Hall–Kier alpha value is -1.73. The molecule has 0 bridgehead atoms. The number of benzene rings is 1. The highest BCUT2D eigenvalue weighted by molar-refractivity contribution is 5.47. The fraction of sp³-hybridized carbons (Fsp3) is 0.462. The van der Waals surface area contributed by atoms with E-state index in [-0.39, 0.29) is 6.10 Å². The zero-order valence-electron chi connectivity index (χ0n) is 9.90. The van der Waals surface area contributed by atoms with Gasteiger partial charge in [0.05, 0.1) is 12.7 Å². The Morgan fingerprint density at radius 3 is 2.76 bits per heavy atom. The molecule has 1 aliphatic rings. The van der Waals surface area contributed by atoms with Crippen molar-refractivity contribution in [3.05, 3.63) is 23.8 Å². The summed E-state index contributed by atoms with van der Waals surface area (Å²) in [6.45, 7) is 1.98. The quantitative estimate of drug-likeness (QED) is 0.861. The first-order valence-electron chi connectivity index (χ1n) is 5.79. The molecule has 0 radical (unpaired) electrons. The first-order valence-corrected chi connectivity index (χ1v) is 5.79. The monoisotopic (exact) mass is 232 g/mol. The second-order valence-electron chi connectivity index (χ2n) is 4.04. The van der Waals surface area contributed by atoms with E-state index in [1.165, 1.54) is 0 Å². The third-order valence-corrected chi connectivity index (χ3v) is 2.88. The molecule has 1 N–H and O–H groups in total. The van der Waals surface area contributed by atoms with E-state index >= 15 is 0 Å². The third-order valence-electron chi connectivity index (χ3n) is 2.88. The Balaban J connectivity index is 2.08. The third kappa shape index (κ3) is 2.89. The second-order valence-corrected chi connectivity index (χ2v) is 4.04. The van der Waals surface area contributed by atoms with Gasteiger partial charge < -0.3 is 14.8 Å². The summed E-state index contributed by atoms with van der Waals surface area (Å²) >= 11 is 0. The van der Waals surface area contributed by atoms with Gasteiger partial charge in [0.25, 0.3) is 0 Å². The van der Waals surface area contributed by atoms with Crippen LogP contribution >= 0.6 is 0 Å². The van der Waals surface area contributed by atoms with Crippen LogP contribution in [-0.2, 0) is 0 Å². The molecule has 4 nitrogen and oxygen atoms in total. The minimum atomic E-state index is 0.246. The van der Waals surface area contributed by atoms with E-state index in [4.69, 9.17) is 14.7 Å². The number of hydrogen-bond donors (Lipinski definition) is 1. The molecule has 0 saturated carbocycles. The SMILES string of the molecule is COc1ccc(OC2CCNCC2)cc1C#N. The van der Waals surface area contributed by atoms with E-state index in [1.807, 2.05) is 6.07 Å². The van der Waals surface area contributed by atoms with E-state index in [0.717, 1.165) is 31.7 Å². The molecule has 1 fully saturated rings. The van der Waals surface area contributed by atoms with Gasteiger partial charge in [-0.3, -0.25) is 0 Å². The van der Waals surface area contributed by atoms with Gasteiger partial charge in [0, 0.05) is 6.07 Å². The number of piperidine rings is 1. The molecule has 0 unspecified atom stereocenters. The van der Waals surface area contributed by atoms with Gasteiger partial charge >= 0.3 is 0 Å². The summed E-state index contributed by atoms with van der Waals surface area (Å²) in [6, 6.07) is 7.47. The lowest BCUT2D eigenvalue weighted by molar-refractivity contribution is 0.162. The number of nitrogens with zero attached hydrogens (tertiary/aromatic N) is 1. The molecule has 0 amide bonds. The molecule has 0 aromatic heterocycles. The summed E-state index contributed by atoms with van der Waals surface area (Å²) in [5.74, 6) is 1.33. The zero-order chi connectivity index (χ0) is 12.1. The van der Waals surface area contributed by atoms with Crippen molar-refractivity contribution < 1.29 is 9.47 Å². The van der Waals surface area contributed by atoms with Gasteiger partial charge in [-0.05, 0) is 38.1 Å². The Morgan fingerprint density at radius 1 is 1.35 bits per heavy atom. The highest BCUT2D eigenvalue weighted by Crippen LogP contribution is 2.25. The van der Waals surface area contributed by atoms with Crippen molar-refractivity contribution in [2.24, 2.45) is 0 Å². The number of ether oxygens (including phenoxy) is 2. The van der Waals surface area contributed by atoms with Crippen LogP contribution in [0, 0.1) is 11.3 Å². The maximum absolute atomic E-state index is 8.98. The van der Waals surface area contributed by atoms with Crippen LogP contribution in [0.15, 0.2) is 18.2 Å². The van der Waals surface area contributed by atoms with Gasteiger partial charge in [-0.25, -0.2) is 0 Å². The number of nitrogens with one attached hydrogen (secondary N) is 1. The van der Waals surface area contributed by atoms with Gasteiger partial charge in [0.15, 0.2) is 0 Å². The average Bonchev–Trinajstić information content (AvgIpc) is 2.40. The van der Waals surface area contributed by atoms with Crippen LogP contribution in [0.25, 0.3) is 0 Å². The number of methoxy groups -OCH3 is 1. The minimum absolute atomic E-state index is 0.246. The lowest BCUT2D eigenvalue weighted by Crippen LogP contribution is -2.34. The fourth-order valence-electron chi connectivity index (χ4n) is 1.95. The fourth-order valence-corrected chi connectivity index (χ4v) is 1.95.